The van der Waals surface area contributed by atoms with Gasteiger partial charge < -0.3 is 19.5 Å². The number of Topliss-reactive ketones (excluding diaryl/α,β-unsaturated/α-hetero) is 1. The second-order valence-corrected chi connectivity index (χ2v) is 5.45. The topological polar surface area (TPSA) is 90.9 Å². The second-order valence-electron chi connectivity index (χ2n) is 5.45. The van der Waals surface area contributed by atoms with E-state index in [1.165, 1.54) is 7.11 Å². The molecule has 27 heavy (non-hydrogen) atoms. The highest BCUT2D eigenvalue weighted by Crippen LogP contribution is 2.13. The molecule has 7 heteroatoms. The van der Waals surface area contributed by atoms with Crippen LogP contribution in [0.4, 0.5) is 0 Å². The zero-order valence-electron chi connectivity index (χ0n) is 15.2. The number of rotatable bonds is 9. The molecule has 142 valence electrons. The molecule has 0 unspecified atom stereocenters. The summed E-state index contributed by atoms with van der Waals surface area (Å²) >= 11 is 0. The minimum Gasteiger partial charge on any atom is -0.497 e. The number of ketones is 1. The molecule has 7 nitrogen and oxygen atoms in total. The molecule has 1 N–H and O–H groups in total. The molecule has 0 fully saturated rings. The van der Waals surface area contributed by atoms with Crippen LogP contribution in [0.5, 0.6) is 11.5 Å². The second kappa shape index (κ2) is 9.96. The minimum absolute atomic E-state index is 0.332. The molecule has 2 aromatic carbocycles. The van der Waals surface area contributed by atoms with Crippen LogP contribution in [-0.2, 0) is 9.53 Å². The van der Waals surface area contributed by atoms with E-state index in [0.29, 0.717) is 29.2 Å². The van der Waals surface area contributed by atoms with Gasteiger partial charge in [-0.1, -0.05) is 0 Å². The van der Waals surface area contributed by atoms with E-state index in [-0.39, 0.29) is 12.3 Å². The average Bonchev–Trinajstić information content (AvgIpc) is 2.71. The van der Waals surface area contributed by atoms with E-state index in [4.69, 9.17) is 14.2 Å². The van der Waals surface area contributed by atoms with Crippen molar-refractivity contribution >= 4 is 17.7 Å². The molecule has 0 aromatic heterocycles. The number of methoxy groups -OCH3 is 1. The predicted octanol–water partition coefficient (Wildman–Crippen LogP) is 2.25. The van der Waals surface area contributed by atoms with E-state index in [1.54, 1.807) is 48.5 Å². The number of amides is 1. The summed E-state index contributed by atoms with van der Waals surface area (Å²) in [6.45, 7) is 1.67. The van der Waals surface area contributed by atoms with Crippen LogP contribution in [0.2, 0.25) is 0 Å². The van der Waals surface area contributed by atoms with Crippen molar-refractivity contribution < 1.29 is 28.6 Å². The Bertz CT molecular complexity index is 783. The van der Waals surface area contributed by atoms with Crippen molar-refractivity contribution in [2.45, 2.75) is 6.92 Å². The lowest BCUT2D eigenvalue weighted by atomic mass is 10.1. The van der Waals surface area contributed by atoms with E-state index in [9.17, 15) is 14.4 Å². The lowest BCUT2D eigenvalue weighted by Gasteiger charge is -2.07. The normalized spacial score (nSPS) is 10.0. The third-order valence-corrected chi connectivity index (χ3v) is 3.60. The van der Waals surface area contributed by atoms with Crippen molar-refractivity contribution in [3.63, 3.8) is 0 Å². The van der Waals surface area contributed by atoms with Crippen molar-refractivity contribution in [3.8, 4) is 11.5 Å². The number of hydrogen-bond acceptors (Lipinski definition) is 6. The fourth-order valence-corrected chi connectivity index (χ4v) is 2.18. The average molecular weight is 371 g/mol. The van der Waals surface area contributed by atoms with Crippen LogP contribution in [0.15, 0.2) is 48.5 Å². The van der Waals surface area contributed by atoms with Crippen molar-refractivity contribution in [1.82, 2.24) is 5.32 Å². The van der Waals surface area contributed by atoms with Crippen LogP contribution >= 0.6 is 0 Å². The number of ether oxygens (including phenoxy) is 3. The Kier molecular flexibility index (Phi) is 7.37. The Morgan fingerprint density at radius 1 is 0.889 bits per heavy atom. The van der Waals surface area contributed by atoms with Gasteiger partial charge in [-0.05, 0) is 55.5 Å². The quantitative estimate of drug-likeness (QED) is 0.537. The molecule has 0 radical (unpaired) electrons. The number of nitrogens with one attached hydrogen (secondary N) is 1. The smallest absolute Gasteiger partial charge is 0.325 e. The molecule has 0 aliphatic heterocycles. The summed E-state index contributed by atoms with van der Waals surface area (Å²) in [5.74, 6) is -0.178. The van der Waals surface area contributed by atoms with E-state index < -0.39 is 18.5 Å². The van der Waals surface area contributed by atoms with Crippen molar-refractivity contribution in [1.29, 1.82) is 0 Å². The van der Waals surface area contributed by atoms with E-state index in [2.05, 4.69) is 5.32 Å². The first kappa shape index (κ1) is 20.0. The summed E-state index contributed by atoms with van der Waals surface area (Å²) in [5.41, 5.74) is 0.794. The molecule has 0 saturated heterocycles. The van der Waals surface area contributed by atoms with Crippen LogP contribution in [0.25, 0.3) is 0 Å². The summed E-state index contributed by atoms with van der Waals surface area (Å²) in [5, 5.41) is 2.44. The summed E-state index contributed by atoms with van der Waals surface area (Å²) in [6.07, 6.45) is 0. The zero-order valence-corrected chi connectivity index (χ0v) is 15.2. The third-order valence-electron chi connectivity index (χ3n) is 3.60. The SMILES string of the molecule is CCOc1ccc(C(=O)COC(=O)CNC(=O)c2ccc(OC)cc2)cc1. The maximum absolute atomic E-state index is 12.0. The molecule has 1 amide bonds. The van der Waals surface area contributed by atoms with Crippen LogP contribution in [-0.4, -0.2) is 44.5 Å². The van der Waals surface area contributed by atoms with Gasteiger partial charge in [-0.3, -0.25) is 14.4 Å². The van der Waals surface area contributed by atoms with Gasteiger partial charge in [-0.15, -0.1) is 0 Å². The highest BCUT2D eigenvalue weighted by atomic mass is 16.5. The Labute approximate surface area is 157 Å². The third kappa shape index (κ3) is 6.14. The largest absolute Gasteiger partial charge is 0.497 e. The van der Waals surface area contributed by atoms with Gasteiger partial charge in [0.25, 0.3) is 5.91 Å². The van der Waals surface area contributed by atoms with Gasteiger partial charge in [-0.25, -0.2) is 0 Å². The van der Waals surface area contributed by atoms with Gasteiger partial charge in [0.05, 0.1) is 13.7 Å². The molecule has 0 atom stereocenters. The van der Waals surface area contributed by atoms with Gasteiger partial charge >= 0.3 is 5.97 Å². The van der Waals surface area contributed by atoms with Gasteiger partial charge in [0.2, 0.25) is 0 Å². The van der Waals surface area contributed by atoms with Crippen LogP contribution in [0, 0.1) is 0 Å². The molecule has 0 bridgehead atoms. The fraction of sp³-hybridized carbons (Fsp3) is 0.250. The number of carbonyl (C=O) groups is 3. The van der Waals surface area contributed by atoms with E-state index in [0.717, 1.165) is 0 Å². The summed E-state index contributed by atoms with van der Waals surface area (Å²) < 4.78 is 15.2. The van der Waals surface area contributed by atoms with Gasteiger partial charge in [0, 0.05) is 11.1 Å². The first-order valence-corrected chi connectivity index (χ1v) is 8.37. The molecule has 0 aliphatic carbocycles. The number of carbonyl (C=O) groups excluding carboxylic acids is 3. The highest BCUT2D eigenvalue weighted by molar-refractivity contribution is 5.99. The van der Waals surface area contributed by atoms with Crippen molar-refractivity contribution in [2.75, 3.05) is 26.9 Å². The number of benzene rings is 2. The fourth-order valence-electron chi connectivity index (χ4n) is 2.18. The molecule has 2 rings (SSSR count). The molecule has 2 aromatic rings. The number of hydrogen-bond donors (Lipinski definition) is 1. The maximum atomic E-state index is 12.0. The van der Waals surface area contributed by atoms with Crippen molar-refractivity contribution in [3.05, 3.63) is 59.7 Å². The van der Waals surface area contributed by atoms with Gasteiger partial charge in [0.1, 0.15) is 18.0 Å². The minimum atomic E-state index is -0.698. The Balaban J connectivity index is 1.76. The molecular weight excluding hydrogens is 350 g/mol. The van der Waals surface area contributed by atoms with Crippen LogP contribution < -0.4 is 14.8 Å². The van der Waals surface area contributed by atoms with Crippen LogP contribution in [0.1, 0.15) is 27.6 Å². The lowest BCUT2D eigenvalue weighted by Crippen LogP contribution is -2.31. The zero-order chi connectivity index (χ0) is 19.6. The summed E-state index contributed by atoms with van der Waals surface area (Å²) in [6, 6.07) is 13.0. The molecular formula is C20H21NO6. The van der Waals surface area contributed by atoms with Gasteiger partial charge in [-0.2, -0.15) is 0 Å². The first-order valence-electron chi connectivity index (χ1n) is 8.37. The lowest BCUT2D eigenvalue weighted by molar-refractivity contribution is -0.141. The van der Waals surface area contributed by atoms with E-state index >= 15 is 0 Å². The standard InChI is InChI=1S/C20H21NO6/c1-3-26-17-10-4-14(5-11-17)18(22)13-27-19(23)12-21-20(24)15-6-8-16(25-2)9-7-15/h4-11H,3,12-13H2,1-2H3,(H,21,24). The maximum Gasteiger partial charge on any atom is 0.325 e. The van der Waals surface area contributed by atoms with E-state index in [1.807, 2.05) is 6.92 Å². The summed E-state index contributed by atoms with van der Waals surface area (Å²) in [7, 11) is 1.53. The van der Waals surface area contributed by atoms with Gasteiger partial charge in [0.15, 0.2) is 12.4 Å². The molecule has 0 heterocycles. The molecule has 0 aliphatic rings. The summed E-state index contributed by atoms with van der Waals surface area (Å²) in [4.78, 5) is 35.7. The first-order chi connectivity index (χ1) is 13.0. The van der Waals surface area contributed by atoms with Crippen molar-refractivity contribution in [2.24, 2.45) is 0 Å². The Morgan fingerprint density at radius 2 is 1.48 bits per heavy atom. The molecule has 0 spiro atoms. The van der Waals surface area contributed by atoms with Crippen LogP contribution in [0.3, 0.4) is 0 Å². The monoisotopic (exact) mass is 371 g/mol. The Morgan fingerprint density at radius 3 is 2.07 bits per heavy atom. The molecule has 0 saturated carbocycles. The number of esters is 1. The highest BCUT2D eigenvalue weighted by Gasteiger charge is 2.12. The Hall–Kier alpha value is -3.35. The predicted molar refractivity (Wildman–Crippen MR) is 98.2 cm³/mol.